The van der Waals surface area contributed by atoms with Crippen LogP contribution in [0, 0.1) is 11.7 Å². The van der Waals surface area contributed by atoms with E-state index in [1.807, 2.05) is 0 Å². The Kier molecular flexibility index (Phi) is 4.30. The fraction of sp³-hybridized carbons (Fsp3) is 0.467. The minimum Gasteiger partial charge on any atom is -0.342 e. The van der Waals surface area contributed by atoms with E-state index < -0.39 is 5.92 Å². The third-order valence-corrected chi connectivity index (χ3v) is 3.56. The molecule has 1 heterocycles. The second-order valence-electron chi connectivity index (χ2n) is 4.98. The first-order chi connectivity index (χ1) is 9.09. The van der Waals surface area contributed by atoms with E-state index in [0.717, 1.165) is 32.4 Å². The van der Waals surface area contributed by atoms with E-state index in [4.69, 9.17) is 0 Å². The second-order valence-corrected chi connectivity index (χ2v) is 4.98. The normalized spacial score (nSPS) is 17.1. The molecule has 19 heavy (non-hydrogen) atoms. The highest BCUT2D eigenvalue weighted by molar-refractivity contribution is 6.09. The quantitative estimate of drug-likeness (QED) is 0.621. The fourth-order valence-electron chi connectivity index (χ4n) is 2.36. The smallest absolute Gasteiger partial charge is 0.233 e. The molecule has 1 saturated heterocycles. The molecule has 0 N–H and O–H groups in total. The molecule has 1 aliphatic heterocycles. The maximum atomic E-state index is 12.8. The lowest BCUT2D eigenvalue weighted by Crippen LogP contribution is -2.41. The van der Waals surface area contributed by atoms with Gasteiger partial charge in [0.25, 0.3) is 0 Å². The van der Waals surface area contributed by atoms with E-state index in [0.29, 0.717) is 5.56 Å². The number of nitrogens with zero attached hydrogens (tertiary/aromatic N) is 1. The number of piperidine rings is 1. The standard InChI is InChI=1S/C15H18FNO2/c1-11(15(19)17-9-3-2-4-10-17)14(18)12-5-7-13(16)8-6-12/h5-8,11H,2-4,9-10H2,1H3. The van der Waals surface area contributed by atoms with Crippen molar-refractivity contribution >= 4 is 11.7 Å². The second kappa shape index (κ2) is 5.95. The van der Waals surface area contributed by atoms with Gasteiger partial charge >= 0.3 is 0 Å². The van der Waals surface area contributed by atoms with Crippen LogP contribution < -0.4 is 0 Å². The Hall–Kier alpha value is -1.71. The van der Waals surface area contributed by atoms with Crippen molar-refractivity contribution in [1.29, 1.82) is 0 Å². The number of likely N-dealkylation sites (tertiary alicyclic amines) is 1. The average Bonchev–Trinajstić information content (AvgIpc) is 2.46. The molecule has 1 fully saturated rings. The summed E-state index contributed by atoms with van der Waals surface area (Å²) in [6.45, 7) is 3.10. The van der Waals surface area contributed by atoms with Gasteiger partial charge in [0.1, 0.15) is 5.82 Å². The first kappa shape index (κ1) is 13.7. The van der Waals surface area contributed by atoms with E-state index in [9.17, 15) is 14.0 Å². The number of halogens is 1. The highest BCUT2D eigenvalue weighted by Gasteiger charge is 2.27. The summed E-state index contributed by atoms with van der Waals surface area (Å²) >= 11 is 0. The number of rotatable bonds is 3. The Balaban J connectivity index is 2.05. The van der Waals surface area contributed by atoms with Crippen LogP contribution in [0.25, 0.3) is 0 Å². The monoisotopic (exact) mass is 263 g/mol. The summed E-state index contributed by atoms with van der Waals surface area (Å²) in [5.74, 6) is -1.43. The summed E-state index contributed by atoms with van der Waals surface area (Å²) in [6.07, 6.45) is 3.15. The molecule has 0 saturated carbocycles. The van der Waals surface area contributed by atoms with Crippen molar-refractivity contribution in [2.24, 2.45) is 5.92 Å². The number of carbonyl (C=O) groups excluding carboxylic acids is 2. The summed E-state index contributed by atoms with van der Waals surface area (Å²) in [5, 5.41) is 0. The van der Waals surface area contributed by atoms with Crippen molar-refractivity contribution in [3.8, 4) is 0 Å². The van der Waals surface area contributed by atoms with Crippen molar-refractivity contribution in [3.05, 3.63) is 35.6 Å². The summed E-state index contributed by atoms with van der Waals surface area (Å²) in [6, 6.07) is 5.34. The molecule has 102 valence electrons. The van der Waals surface area contributed by atoms with Gasteiger partial charge in [-0.25, -0.2) is 4.39 Å². The van der Waals surface area contributed by atoms with Crippen molar-refractivity contribution in [2.75, 3.05) is 13.1 Å². The van der Waals surface area contributed by atoms with Gasteiger partial charge in [-0.1, -0.05) is 0 Å². The molecule has 2 rings (SSSR count). The average molecular weight is 263 g/mol. The predicted molar refractivity (Wildman–Crippen MR) is 70.3 cm³/mol. The van der Waals surface area contributed by atoms with Gasteiger partial charge in [0.2, 0.25) is 5.91 Å². The summed E-state index contributed by atoms with van der Waals surface area (Å²) < 4.78 is 12.8. The van der Waals surface area contributed by atoms with E-state index in [2.05, 4.69) is 0 Å². The summed E-state index contributed by atoms with van der Waals surface area (Å²) in [7, 11) is 0. The van der Waals surface area contributed by atoms with Crippen molar-refractivity contribution in [1.82, 2.24) is 4.90 Å². The Bertz CT molecular complexity index is 464. The molecule has 0 spiro atoms. The molecular formula is C15H18FNO2. The Morgan fingerprint density at radius 1 is 1.11 bits per heavy atom. The number of hydrogen-bond acceptors (Lipinski definition) is 2. The molecule has 1 aromatic rings. The lowest BCUT2D eigenvalue weighted by molar-refractivity contribution is -0.134. The number of ketones is 1. The number of benzene rings is 1. The zero-order valence-corrected chi connectivity index (χ0v) is 11.1. The zero-order chi connectivity index (χ0) is 13.8. The molecule has 1 atom stereocenters. The van der Waals surface area contributed by atoms with Gasteiger partial charge < -0.3 is 4.90 Å². The van der Waals surface area contributed by atoms with E-state index in [1.54, 1.807) is 11.8 Å². The maximum absolute atomic E-state index is 12.8. The lowest BCUT2D eigenvalue weighted by Gasteiger charge is -2.28. The molecule has 1 aliphatic rings. The van der Waals surface area contributed by atoms with Gasteiger partial charge in [0.05, 0.1) is 5.92 Å². The van der Waals surface area contributed by atoms with E-state index >= 15 is 0 Å². The first-order valence-electron chi connectivity index (χ1n) is 6.68. The van der Waals surface area contributed by atoms with Crippen molar-refractivity contribution in [2.45, 2.75) is 26.2 Å². The summed E-state index contributed by atoms with van der Waals surface area (Å²) in [5.41, 5.74) is 0.388. The molecule has 0 aliphatic carbocycles. The fourth-order valence-corrected chi connectivity index (χ4v) is 2.36. The highest BCUT2D eigenvalue weighted by atomic mass is 19.1. The number of Topliss-reactive ketones (excluding diaryl/α,β-unsaturated/α-hetero) is 1. The SMILES string of the molecule is CC(C(=O)c1ccc(F)cc1)C(=O)N1CCCCC1. The molecule has 0 radical (unpaired) electrons. The Labute approximate surface area is 112 Å². The van der Waals surface area contributed by atoms with Crippen LogP contribution in [0.3, 0.4) is 0 Å². The third-order valence-electron chi connectivity index (χ3n) is 3.56. The van der Waals surface area contributed by atoms with Crippen LogP contribution in [0.4, 0.5) is 4.39 Å². The van der Waals surface area contributed by atoms with Gasteiger partial charge in [0, 0.05) is 18.7 Å². The molecule has 4 heteroatoms. The van der Waals surface area contributed by atoms with Crippen LogP contribution in [0.15, 0.2) is 24.3 Å². The highest BCUT2D eigenvalue weighted by Crippen LogP contribution is 2.16. The van der Waals surface area contributed by atoms with Crippen molar-refractivity contribution < 1.29 is 14.0 Å². The summed E-state index contributed by atoms with van der Waals surface area (Å²) in [4.78, 5) is 26.1. The molecular weight excluding hydrogens is 245 g/mol. The topological polar surface area (TPSA) is 37.4 Å². The van der Waals surface area contributed by atoms with Crippen LogP contribution in [-0.4, -0.2) is 29.7 Å². The van der Waals surface area contributed by atoms with Gasteiger partial charge in [-0.15, -0.1) is 0 Å². The van der Waals surface area contributed by atoms with Gasteiger partial charge in [-0.2, -0.15) is 0 Å². The molecule has 0 bridgehead atoms. The van der Waals surface area contributed by atoms with Crippen molar-refractivity contribution in [3.63, 3.8) is 0 Å². The minimum atomic E-state index is -0.691. The van der Waals surface area contributed by atoms with Crippen LogP contribution >= 0.6 is 0 Å². The molecule has 3 nitrogen and oxygen atoms in total. The molecule has 0 aromatic heterocycles. The number of amides is 1. The number of carbonyl (C=O) groups is 2. The van der Waals surface area contributed by atoms with Crippen LogP contribution in [0.5, 0.6) is 0 Å². The van der Waals surface area contributed by atoms with E-state index in [1.165, 1.54) is 24.3 Å². The molecule has 1 aromatic carbocycles. The van der Waals surface area contributed by atoms with E-state index in [-0.39, 0.29) is 17.5 Å². The minimum absolute atomic E-state index is 0.117. The van der Waals surface area contributed by atoms with Crippen LogP contribution in [0.2, 0.25) is 0 Å². The number of hydrogen-bond donors (Lipinski definition) is 0. The largest absolute Gasteiger partial charge is 0.342 e. The zero-order valence-electron chi connectivity index (χ0n) is 11.1. The molecule has 1 unspecified atom stereocenters. The maximum Gasteiger partial charge on any atom is 0.233 e. The first-order valence-corrected chi connectivity index (χ1v) is 6.68. The van der Waals surface area contributed by atoms with Crippen LogP contribution in [-0.2, 0) is 4.79 Å². The third kappa shape index (κ3) is 3.19. The van der Waals surface area contributed by atoms with Gasteiger partial charge in [0.15, 0.2) is 5.78 Å². The lowest BCUT2D eigenvalue weighted by atomic mass is 9.97. The van der Waals surface area contributed by atoms with Gasteiger partial charge in [-0.05, 0) is 50.5 Å². The molecule has 1 amide bonds. The van der Waals surface area contributed by atoms with Gasteiger partial charge in [-0.3, -0.25) is 9.59 Å². The van der Waals surface area contributed by atoms with Crippen LogP contribution in [0.1, 0.15) is 36.5 Å². The Morgan fingerprint density at radius 2 is 1.68 bits per heavy atom. The predicted octanol–water partition coefficient (Wildman–Crippen LogP) is 2.66. The Morgan fingerprint density at radius 3 is 2.26 bits per heavy atom.